The summed E-state index contributed by atoms with van der Waals surface area (Å²) in [6, 6.07) is -1.26. The van der Waals surface area contributed by atoms with Gasteiger partial charge in [-0.05, 0) is 20.3 Å². The Morgan fingerprint density at radius 3 is 2.42 bits per heavy atom. The second-order valence-corrected chi connectivity index (χ2v) is 4.57. The molecule has 6 nitrogen and oxygen atoms in total. The Hall–Kier alpha value is -1.30. The predicted octanol–water partition coefficient (Wildman–Crippen LogP) is 1.70. The smallest absolute Gasteiger partial charge is 0.326 e. The number of amides is 2. The van der Waals surface area contributed by atoms with Crippen molar-refractivity contribution in [3.8, 4) is 0 Å². The number of unbranched alkanes of at least 4 members (excludes halogenated alkanes) is 1. The largest absolute Gasteiger partial charge is 0.480 e. The molecule has 0 aliphatic heterocycles. The number of aliphatic carboxylic acids is 1. The minimum absolute atomic E-state index is 0.0874. The lowest BCUT2D eigenvalue weighted by Crippen LogP contribution is -2.51. The Morgan fingerprint density at radius 1 is 1.37 bits per heavy atom. The van der Waals surface area contributed by atoms with E-state index in [1.54, 1.807) is 12.0 Å². The first kappa shape index (κ1) is 17.7. The fourth-order valence-electron chi connectivity index (χ4n) is 1.88. The number of nitrogens with one attached hydrogen (secondary N) is 1. The molecule has 0 saturated heterocycles. The number of hydrogen-bond donors (Lipinski definition) is 2. The van der Waals surface area contributed by atoms with Gasteiger partial charge in [0.25, 0.3) is 0 Å². The van der Waals surface area contributed by atoms with E-state index in [0.717, 1.165) is 12.8 Å². The van der Waals surface area contributed by atoms with Gasteiger partial charge in [-0.2, -0.15) is 0 Å². The predicted molar refractivity (Wildman–Crippen MR) is 73.2 cm³/mol. The van der Waals surface area contributed by atoms with E-state index in [-0.39, 0.29) is 12.1 Å². The molecule has 0 rings (SSSR count). The molecule has 0 heterocycles. The summed E-state index contributed by atoms with van der Waals surface area (Å²) in [5.41, 5.74) is 0. The number of carboxylic acids is 1. The van der Waals surface area contributed by atoms with Crippen LogP contribution < -0.4 is 5.32 Å². The lowest BCUT2D eigenvalue weighted by molar-refractivity contribution is -0.139. The molecular weight excluding hydrogens is 248 g/mol. The van der Waals surface area contributed by atoms with Crippen LogP contribution in [-0.4, -0.2) is 54.4 Å². The topological polar surface area (TPSA) is 78.9 Å². The average molecular weight is 274 g/mol. The van der Waals surface area contributed by atoms with E-state index >= 15 is 0 Å². The lowest BCUT2D eigenvalue weighted by Gasteiger charge is -2.29. The summed E-state index contributed by atoms with van der Waals surface area (Å²) in [5.74, 6) is -0.989. The van der Waals surface area contributed by atoms with E-state index in [0.29, 0.717) is 19.6 Å². The Labute approximate surface area is 115 Å². The highest BCUT2D eigenvalue weighted by Gasteiger charge is 2.24. The molecule has 0 aromatic rings. The van der Waals surface area contributed by atoms with Gasteiger partial charge < -0.3 is 20.1 Å². The Morgan fingerprint density at radius 2 is 2.00 bits per heavy atom. The summed E-state index contributed by atoms with van der Waals surface area (Å²) >= 11 is 0. The molecule has 2 N–H and O–H groups in total. The number of likely N-dealkylation sites (N-methyl/N-ethyl adjacent to an activating group) is 1. The third-order valence-electron chi connectivity index (χ3n) is 2.98. The summed E-state index contributed by atoms with van der Waals surface area (Å²) in [4.78, 5) is 24.7. The fraction of sp³-hybridized carbons (Fsp3) is 0.846. The number of rotatable bonds is 9. The van der Waals surface area contributed by atoms with Crippen LogP contribution in [0.2, 0.25) is 0 Å². The minimum Gasteiger partial charge on any atom is -0.480 e. The van der Waals surface area contributed by atoms with E-state index in [2.05, 4.69) is 5.32 Å². The number of methoxy groups -OCH3 is 1. The SMILES string of the molecule is CCCCC(NC(=O)N(CC)C(C)COC)C(=O)O. The number of ether oxygens (including phenoxy) is 1. The molecule has 2 unspecified atom stereocenters. The van der Waals surface area contributed by atoms with Crippen LogP contribution >= 0.6 is 0 Å². The Balaban J connectivity index is 4.54. The van der Waals surface area contributed by atoms with Gasteiger partial charge >= 0.3 is 12.0 Å². The Bertz CT molecular complexity index is 284. The van der Waals surface area contributed by atoms with Crippen LogP contribution in [0.3, 0.4) is 0 Å². The molecule has 2 atom stereocenters. The van der Waals surface area contributed by atoms with Crippen molar-refractivity contribution >= 4 is 12.0 Å². The van der Waals surface area contributed by atoms with E-state index in [9.17, 15) is 9.59 Å². The van der Waals surface area contributed by atoms with Gasteiger partial charge in [-0.3, -0.25) is 0 Å². The first-order valence-electron chi connectivity index (χ1n) is 6.76. The number of carbonyl (C=O) groups is 2. The quantitative estimate of drug-likeness (QED) is 0.670. The van der Waals surface area contributed by atoms with Crippen LogP contribution in [0.15, 0.2) is 0 Å². The van der Waals surface area contributed by atoms with Crippen LogP contribution in [0, 0.1) is 0 Å². The molecule has 0 fully saturated rings. The van der Waals surface area contributed by atoms with Gasteiger partial charge in [-0.25, -0.2) is 9.59 Å². The van der Waals surface area contributed by atoms with Crippen molar-refractivity contribution in [2.75, 3.05) is 20.3 Å². The highest BCUT2D eigenvalue weighted by atomic mass is 16.5. The minimum atomic E-state index is -0.989. The molecular formula is C13H26N2O4. The highest BCUT2D eigenvalue weighted by molar-refractivity contribution is 5.82. The van der Waals surface area contributed by atoms with Gasteiger partial charge in [0, 0.05) is 13.7 Å². The van der Waals surface area contributed by atoms with Crippen molar-refractivity contribution in [3.63, 3.8) is 0 Å². The Kier molecular flexibility index (Phi) is 8.95. The number of hydrogen-bond acceptors (Lipinski definition) is 3. The van der Waals surface area contributed by atoms with Crippen molar-refractivity contribution in [2.24, 2.45) is 0 Å². The van der Waals surface area contributed by atoms with E-state index in [1.165, 1.54) is 0 Å². The van der Waals surface area contributed by atoms with Crippen LogP contribution in [0.1, 0.15) is 40.0 Å². The van der Waals surface area contributed by atoms with Gasteiger partial charge in [-0.15, -0.1) is 0 Å². The van der Waals surface area contributed by atoms with E-state index < -0.39 is 12.0 Å². The van der Waals surface area contributed by atoms with Crippen molar-refractivity contribution in [3.05, 3.63) is 0 Å². The van der Waals surface area contributed by atoms with Crippen molar-refractivity contribution in [1.82, 2.24) is 10.2 Å². The maximum atomic E-state index is 12.1. The van der Waals surface area contributed by atoms with E-state index in [1.807, 2.05) is 20.8 Å². The summed E-state index contributed by atoms with van der Waals surface area (Å²) in [7, 11) is 1.57. The van der Waals surface area contributed by atoms with Crippen LogP contribution in [0.25, 0.3) is 0 Å². The molecule has 2 amide bonds. The monoisotopic (exact) mass is 274 g/mol. The summed E-state index contributed by atoms with van der Waals surface area (Å²) in [6.45, 7) is 6.64. The molecule has 0 aromatic heterocycles. The average Bonchev–Trinajstić information content (AvgIpc) is 2.35. The maximum absolute atomic E-state index is 12.1. The second kappa shape index (κ2) is 9.61. The molecule has 0 aliphatic carbocycles. The van der Waals surface area contributed by atoms with Crippen molar-refractivity contribution in [2.45, 2.75) is 52.1 Å². The molecule has 0 radical (unpaired) electrons. The third-order valence-corrected chi connectivity index (χ3v) is 2.98. The third kappa shape index (κ3) is 6.42. The summed E-state index contributed by atoms with van der Waals surface area (Å²) in [6.07, 6.45) is 2.13. The molecule has 6 heteroatoms. The van der Waals surface area contributed by atoms with Crippen LogP contribution in [0.4, 0.5) is 4.79 Å². The zero-order valence-electron chi connectivity index (χ0n) is 12.3. The number of urea groups is 1. The highest BCUT2D eigenvalue weighted by Crippen LogP contribution is 2.05. The molecule has 0 spiro atoms. The first-order valence-corrected chi connectivity index (χ1v) is 6.76. The summed E-state index contributed by atoms with van der Waals surface area (Å²) < 4.78 is 5.02. The zero-order valence-corrected chi connectivity index (χ0v) is 12.3. The molecule has 19 heavy (non-hydrogen) atoms. The van der Waals surface area contributed by atoms with Crippen molar-refractivity contribution < 1.29 is 19.4 Å². The van der Waals surface area contributed by atoms with Gasteiger partial charge in [0.15, 0.2) is 0 Å². The van der Waals surface area contributed by atoms with Gasteiger partial charge in [0.05, 0.1) is 12.6 Å². The van der Waals surface area contributed by atoms with Gasteiger partial charge in [0.1, 0.15) is 6.04 Å². The normalized spacial score (nSPS) is 13.7. The zero-order chi connectivity index (χ0) is 14.8. The number of nitrogens with zero attached hydrogens (tertiary/aromatic N) is 1. The lowest BCUT2D eigenvalue weighted by atomic mass is 10.1. The van der Waals surface area contributed by atoms with Crippen LogP contribution in [-0.2, 0) is 9.53 Å². The second-order valence-electron chi connectivity index (χ2n) is 4.57. The van der Waals surface area contributed by atoms with Crippen LogP contribution in [0.5, 0.6) is 0 Å². The molecule has 0 saturated carbocycles. The standard InChI is InChI=1S/C13H26N2O4/c1-5-7-8-11(12(16)17)14-13(18)15(6-2)10(3)9-19-4/h10-11H,5-9H2,1-4H3,(H,14,18)(H,16,17). The molecule has 0 aliphatic rings. The summed E-state index contributed by atoms with van der Waals surface area (Å²) in [5, 5.41) is 11.7. The first-order chi connectivity index (χ1) is 8.97. The maximum Gasteiger partial charge on any atom is 0.326 e. The molecule has 0 bridgehead atoms. The number of carbonyl (C=O) groups excluding carboxylic acids is 1. The molecule has 112 valence electrons. The van der Waals surface area contributed by atoms with Gasteiger partial charge in [-0.1, -0.05) is 19.8 Å². The van der Waals surface area contributed by atoms with Crippen molar-refractivity contribution in [1.29, 1.82) is 0 Å². The fourth-order valence-corrected chi connectivity index (χ4v) is 1.88. The molecule has 0 aromatic carbocycles. The van der Waals surface area contributed by atoms with Gasteiger partial charge in [0.2, 0.25) is 0 Å². The van der Waals surface area contributed by atoms with E-state index in [4.69, 9.17) is 9.84 Å². The number of carboxylic acid groups (broad SMARTS) is 1.